The van der Waals surface area contributed by atoms with Crippen LogP contribution in [0.4, 0.5) is 11.4 Å². The minimum atomic E-state index is 0.731. The monoisotopic (exact) mass is 329 g/mol. The van der Waals surface area contributed by atoms with Gasteiger partial charge in [-0.25, -0.2) is 0 Å². The van der Waals surface area contributed by atoms with E-state index in [9.17, 15) is 0 Å². The van der Waals surface area contributed by atoms with E-state index >= 15 is 0 Å². The maximum absolute atomic E-state index is 6.28. The van der Waals surface area contributed by atoms with Crippen LogP contribution < -0.4 is 15.5 Å². The molecule has 0 aliphatic rings. The number of benzene rings is 2. The number of likely N-dealkylation sites (N-methyl/N-ethyl adjacent to an activating group) is 1. The zero-order chi connectivity index (χ0) is 16.7. The summed E-state index contributed by atoms with van der Waals surface area (Å²) in [5.74, 6) is 0.751. The Hall–Kier alpha value is -2.13. The van der Waals surface area contributed by atoms with Crippen LogP contribution in [-0.4, -0.2) is 19.6 Å². The summed E-state index contributed by atoms with van der Waals surface area (Å²) in [6, 6.07) is 16.3. The number of halogens is 1. The van der Waals surface area contributed by atoms with Crippen molar-refractivity contribution in [3.8, 4) is 0 Å². The molecule has 2 aromatic carbocycles. The van der Waals surface area contributed by atoms with Gasteiger partial charge in [0.05, 0.1) is 16.5 Å². The maximum Gasteiger partial charge on any atom is 0.0958 e. The molecule has 2 N–H and O–H groups in total. The summed E-state index contributed by atoms with van der Waals surface area (Å²) in [7, 11) is 0. The molecule has 0 unspecified atom stereocenters. The second-order valence-corrected chi connectivity index (χ2v) is 5.76. The second kappa shape index (κ2) is 8.49. The van der Waals surface area contributed by atoms with Crippen LogP contribution in [0.25, 0.3) is 0 Å². The van der Waals surface area contributed by atoms with E-state index in [0.717, 1.165) is 41.7 Å². The lowest BCUT2D eigenvalue weighted by molar-refractivity contribution is 0.740. The van der Waals surface area contributed by atoms with E-state index in [1.165, 1.54) is 5.69 Å². The highest BCUT2D eigenvalue weighted by atomic mass is 35.5. The maximum atomic E-state index is 6.28. The summed E-state index contributed by atoms with van der Waals surface area (Å²) in [6.45, 7) is 10.8. The van der Waals surface area contributed by atoms with Gasteiger partial charge in [0.25, 0.3) is 0 Å². The molecule has 4 heteroatoms. The molecule has 0 radical (unpaired) electrons. The van der Waals surface area contributed by atoms with Crippen LogP contribution in [0.15, 0.2) is 60.9 Å². The molecule has 0 saturated heterocycles. The number of hydrogen-bond acceptors (Lipinski definition) is 3. The summed E-state index contributed by atoms with van der Waals surface area (Å²) in [5.41, 5.74) is 3.15. The summed E-state index contributed by atoms with van der Waals surface area (Å²) < 4.78 is 0. The van der Waals surface area contributed by atoms with Gasteiger partial charge in [0.2, 0.25) is 0 Å². The van der Waals surface area contributed by atoms with E-state index in [-0.39, 0.29) is 0 Å². The predicted molar refractivity (Wildman–Crippen MR) is 101 cm³/mol. The number of nitrogens with one attached hydrogen (secondary N) is 2. The van der Waals surface area contributed by atoms with Gasteiger partial charge in [-0.1, -0.05) is 48.5 Å². The number of anilines is 2. The van der Waals surface area contributed by atoms with Crippen molar-refractivity contribution in [3.05, 3.63) is 71.5 Å². The first kappa shape index (κ1) is 17.2. The fraction of sp³-hybridized carbons (Fsp3) is 0.263. The third-order valence-corrected chi connectivity index (χ3v) is 4.20. The summed E-state index contributed by atoms with van der Waals surface area (Å²) in [4.78, 5) is 2.32. The average Bonchev–Trinajstić information content (AvgIpc) is 2.57. The molecule has 0 aromatic heterocycles. The van der Waals surface area contributed by atoms with Gasteiger partial charge in [0.1, 0.15) is 0 Å². The third kappa shape index (κ3) is 4.93. The van der Waals surface area contributed by atoms with Gasteiger partial charge in [0.15, 0.2) is 0 Å². The second-order valence-electron chi connectivity index (χ2n) is 5.38. The summed E-state index contributed by atoms with van der Waals surface area (Å²) in [5, 5.41) is 7.26. The Morgan fingerprint density at radius 1 is 1.13 bits per heavy atom. The van der Waals surface area contributed by atoms with Gasteiger partial charge in [-0.2, -0.15) is 0 Å². The smallest absolute Gasteiger partial charge is 0.0958 e. The van der Waals surface area contributed by atoms with Crippen molar-refractivity contribution < 1.29 is 0 Å². The van der Waals surface area contributed by atoms with Gasteiger partial charge in [-0.05, 0) is 37.6 Å². The quantitative estimate of drug-likeness (QED) is 0.738. The largest absolute Gasteiger partial charge is 0.370 e. The molecule has 2 rings (SSSR count). The molecule has 0 spiro atoms. The first-order valence-electron chi connectivity index (χ1n) is 7.86. The van der Waals surface area contributed by atoms with E-state index < -0.39 is 0 Å². The Balaban J connectivity index is 1.83. The molecular weight excluding hydrogens is 306 g/mol. The lowest BCUT2D eigenvalue weighted by Crippen LogP contribution is -2.32. The Morgan fingerprint density at radius 3 is 2.57 bits per heavy atom. The molecule has 2 aromatic rings. The number of rotatable bonds is 8. The van der Waals surface area contributed by atoms with Crippen molar-refractivity contribution in [1.82, 2.24) is 5.32 Å². The Morgan fingerprint density at radius 2 is 1.87 bits per heavy atom. The topological polar surface area (TPSA) is 27.3 Å². The minimum absolute atomic E-state index is 0.731. The van der Waals surface area contributed by atoms with E-state index in [0.29, 0.717) is 0 Å². The van der Waals surface area contributed by atoms with Crippen LogP contribution in [0.5, 0.6) is 0 Å². The van der Waals surface area contributed by atoms with Crippen LogP contribution in [0.1, 0.15) is 12.5 Å². The number of hydrogen-bond donors (Lipinski definition) is 2. The standard InChI is InChI=1S/C19H24ClN3/c1-4-23(17-10-6-5-7-11-17)14-13-21-16(3)22-18-12-8-9-15(2)19(18)20/h5-12,21-22H,3-4,13-14H2,1-2H3. The van der Waals surface area contributed by atoms with Crippen molar-refractivity contribution in [1.29, 1.82) is 0 Å². The molecule has 0 saturated carbocycles. The van der Waals surface area contributed by atoms with Crippen molar-refractivity contribution in [2.45, 2.75) is 13.8 Å². The Bertz CT molecular complexity index is 640. The zero-order valence-corrected chi connectivity index (χ0v) is 14.5. The molecule has 23 heavy (non-hydrogen) atoms. The van der Waals surface area contributed by atoms with Crippen LogP contribution >= 0.6 is 11.6 Å². The summed E-state index contributed by atoms with van der Waals surface area (Å²) in [6.07, 6.45) is 0. The lowest BCUT2D eigenvalue weighted by atomic mass is 10.2. The van der Waals surface area contributed by atoms with Crippen molar-refractivity contribution in [2.75, 3.05) is 29.9 Å². The number of para-hydroxylation sites is 1. The average molecular weight is 330 g/mol. The first-order chi connectivity index (χ1) is 11.1. The molecule has 0 bridgehead atoms. The molecule has 0 heterocycles. The highest BCUT2D eigenvalue weighted by Gasteiger charge is 2.05. The van der Waals surface area contributed by atoms with E-state index in [1.54, 1.807) is 0 Å². The number of nitrogens with zero attached hydrogens (tertiary/aromatic N) is 1. The van der Waals surface area contributed by atoms with Gasteiger partial charge in [-0.3, -0.25) is 0 Å². The zero-order valence-electron chi connectivity index (χ0n) is 13.8. The van der Waals surface area contributed by atoms with Crippen molar-refractivity contribution in [3.63, 3.8) is 0 Å². The van der Waals surface area contributed by atoms with Crippen LogP contribution in [0.3, 0.4) is 0 Å². The van der Waals surface area contributed by atoms with Crippen LogP contribution in [-0.2, 0) is 0 Å². The molecule has 0 aliphatic carbocycles. The Labute approximate surface area is 144 Å². The predicted octanol–water partition coefficient (Wildman–Crippen LogP) is 4.65. The van der Waals surface area contributed by atoms with Crippen LogP contribution in [0.2, 0.25) is 5.02 Å². The lowest BCUT2D eigenvalue weighted by Gasteiger charge is -2.24. The first-order valence-corrected chi connectivity index (χ1v) is 8.24. The van der Waals surface area contributed by atoms with Gasteiger partial charge >= 0.3 is 0 Å². The fourth-order valence-corrected chi connectivity index (χ4v) is 2.57. The normalized spacial score (nSPS) is 10.2. The molecule has 122 valence electrons. The van der Waals surface area contributed by atoms with E-state index in [4.69, 9.17) is 11.6 Å². The number of aryl methyl sites for hydroxylation is 1. The highest BCUT2D eigenvalue weighted by Crippen LogP contribution is 2.25. The van der Waals surface area contributed by atoms with E-state index in [2.05, 4.69) is 53.3 Å². The highest BCUT2D eigenvalue weighted by molar-refractivity contribution is 6.34. The summed E-state index contributed by atoms with van der Waals surface area (Å²) >= 11 is 6.28. The molecule has 0 fully saturated rings. The fourth-order valence-electron chi connectivity index (χ4n) is 2.40. The van der Waals surface area contributed by atoms with Gasteiger partial charge in [-0.15, -0.1) is 0 Å². The molecule has 0 atom stereocenters. The SMILES string of the molecule is C=C(NCCN(CC)c1ccccc1)Nc1cccc(C)c1Cl. The van der Waals surface area contributed by atoms with Crippen molar-refractivity contribution >= 4 is 23.0 Å². The Kier molecular flexibility index (Phi) is 6.36. The van der Waals surface area contributed by atoms with Gasteiger partial charge in [0, 0.05) is 25.3 Å². The molecular formula is C19H24ClN3. The molecule has 0 amide bonds. The minimum Gasteiger partial charge on any atom is -0.370 e. The van der Waals surface area contributed by atoms with Crippen molar-refractivity contribution in [2.24, 2.45) is 0 Å². The molecule has 0 aliphatic heterocycles. The van der Waals surface area contributed by atoms with Crippen LogP contribution in [0, 0.1) is 6.92 Å². The third-order valence-electron chi connectivity index (χ3n) is 3.70. The van der Waals surface area contributed by atoms with Gasteiger partial charge < -0.3 is 15.5 Å². The van der Waals surface area contributed by atoms with E-state index in [1.807, 2.05) is 31.2 Å². The molecule has 3 nitrogen and oxygen atoms in total.